The highest BCUT2D eigenvalue weighted by Crippen LogP contribution is 2.11. The molecule has 0 radical (unpaired) electrons. The Morgan fingerprint density at radius 1 is 1.20 bits per heavy atom. The van der Waals surface area contributed by atoms with Gasteiger partial charge in [-0.3, -0.25) is 0 Å². The van der Waals surface area contributed by atoms with Gasteiger partial charge in [-0.05, 0) is 51.7 Å². The first-order chi connectivity index (χ1) is 9.61. The van der Waals surface area contributed by atoms with Crippen LogP contribution in [0.3, 0.4) is 0 Å². The van der Waals surface area contributed by atoms with E-state index in [0.717, 1.165) is 24.3 Å². The Kier molecular flexibility index (Phi) is 7.50. The Balaban J connectivity index is 2.20. The first-order valence-corrected chi connectivity index (χ1v) is 7.00. The average molecular weight is 279 g/mol. The Morgan fingerprint density at radius 3 is 2.50 bits per heavy atom. The smallest absolute Gasteiger partial charge is 0.315 e. The summed E-state index contributed by atoms with van der Waals surface area (Å²) in [5.41, 5.74) is 1.05. The molecule has 1 rings (SSSR count). The van der Waals surface area contributed by atoms with Crippen molar-refractivity contribution in [2.75, 3.05) is 33.8 Å². The molecule has 1 aromatic carbocycles. The maximum absolute atomic E-state index is 11.6. The van der Waals surface area contributed by atoms with Gasteiger partial charge in [-0.25, -0.2) is 4.79 Å². The number of urea groups is 1. The van der Waals surface area contributed by atoms with E-state index in [1.807, 2.05) is 45.3 Å². The zero-order valence-corrected chi connectivity index (χ0v) is 12.6. The van der Waals surface area contributed by atoms with E-state index >= 15 is 0 Å². The Hall–Kier alpha value is -1.75. The van der Waals surface area contributed by atoms with Gasteiger partial charge in [0, 0.05) is 13.1 Å². The van der Waals surface area contributed by atoms with Crippen molar-refractivity contribution in [1.82, 2.24) is 15.5 Å². The van der Waals surface area contributed by atoms with E-state index < -0.39 is 0 Å². The lowest BCUT2D eigenvalue weighted by Gasteiger charge is -2.11. The van der Waals surface area contributed by atoms with Crippen LogP contribution in [-0.4, -0.2) is 44.7 Å². The molecule has 0 unspecified atom stereocenters. The van der Waals surface area contributed by atoms with Gasteiger partial charge in [0.1, 0.15) is 5.75 Å². The second-order valence-electron chi connectivity index (χ2n) is 4.84. The monoisotopic (exact) mass is 279 g/mol. The summed E-state index contributed by atoms with van der Waals surface area (Å²) < 4.78 is 5.37. The third-order valence-electron chi connectivity index (χ3n) is 2.76. The fourth-order valence-electron chi connectivity index (χ4n) is 1.71. The minimum Gasteiger partial charge on any atom is -0.494 e. The van der Waals surface area contributed by atoms with E-state index in [0.29, 0.717) is 19.7 Å². The summed E-state index contributed by atoms with van der Waals surface area (Å²) in [5.74, 6) is 0.851. The minimum atomic E-state index is -0.127. The number of hydrogen-bond acceptors (Lipinski definition) is 3. The van der Waals surface area contributed by atoms with Crippen LogP contribution in [0.5, 0.6) is 5.75 Å². The van der Waals surface area contributed by atoms with Crippen molar-refractivity contribution >= 4 is 6.03 Å². The number of rotatable bonds is 8. The number of ether oxygens (including phenoxy) is 1. The fourth-order valence-corrected chi connectivity index (χ4v) is 1.71. The van der Waals surface area contributed by atoms with Gasteiger partial charge in [0.25, 0.3) is 0 Å². The molecule has 2 N–H and O–H groups in total. The number of carbonyl (C=O) groups excluding carboxylic acids is 1. The molecule has 0 aromatic heterocycles. The van der Waals surface area contributed by atoms with E-state index in [1.54, 1.807) is 0 Å². The van der Waals surface area contributed by atoms with Crippen molar-refractivity contribution < 1.29 is 9.53 Å². The van der Waals surface area contributed by atoms with Crippen LogP contribution in [0.2, 0.25) is 0 Å². The van der Waals surface area contributed by atoms with E-state index in [9.17, 15) is 4.79 Å². The standard InChI is InChI=1S/C15H25N3O2/c1-4-20-14-8-6-13(7-9-14)12-17-15(19)16-10-5-11-18(2)3/h6-9H,4-5,10-12H2,1-3H3,(H2,16,17,19). The molecule has 0 fully saturated rings. The molecule has 0 saturated carbocycles. The zero-order valence-electron chi connectivity index (χ0n) is 12.6. The SMILES string of the molecule is CCOc1ccc(CNC(=O)NCCCN(C)C)cc1. The normalized spacial score (nSPS) is 10.4. The molecule has 5 heteroatoms. The first kappa shape index (κ1) is 16.3. The topological polar surface area (TPSA) is 53.6 Å². The third-order valence-corrected chi connectivity index (χ3v) is 2.76. The van der Waals surface area contributed by atoms with Crippen molar-refractivity contribution in [3.05, 3.63) is 29.8 Å². The van der Waals surface area contributed by atoms with Crippen molar-refractivity contribution in [2.24, 2.45) is 0 Å². The van der Waals surface area contributed by atoms with Crippen LogP contribution in [-0.2, 0) is 6.54 Å². The lowest BCUT2D eigenvalue weighted by Crippen LogP contribution is -2.36. The van der Waals surface area contributed by atoms with Gasteiger partial charge in [0.2, 0.25) is 0 Å². The van der Waals surface area contributed by atoms with Crippen LogP contribution in [0.4, 0.5) is 4.79 Å². The predicted octanol–water partition coefficient (Wildman–Crippen LogP) is 1.84. The lowest BCUT2D eigenvalue weighted by molar-refractivity contribution is 0.240. The molecule has 0 saturated heterocycles. The highest BCUT2D eigenvalue weighted by molar-refractivity contribution is 5.73. The number of nitrogens with zero attached hydrogens (tertiary/aromatic N) is 1. The van der Waals surface area contributed by atoms with Crippen molar-refractivity contribution in [1.29, 1.82) is 0 Å². The molecule has 1 aromatic rings. The first-order valence-electron chi connectivity index (χ1n) is 7.00. The summed E-state index contributed by atoms with van der Waals surface area (Å²) in [6.45, 7) is 4.79. The molecule has 0 spiro atoms. The molecule has 0 atom stereocenters. The fraction of sp³-hybridized carbons (Fsp3) is 0.533. The maximum Gasteiger partial charge on any atom is 0.315 e. The predicted molar refractivity (Wildman–Crippen MR) is 81.0 cm³/mol. The second kappa shape index (κ2) is 9.20. The van der Waals surface area contributed by atoms with Gasteiger partial charge in [0.15, 0.2) is 0 Å². The number of amides is 2. The van der Waals surface area contributed by atoms with Gasteiger partial charge in [-0.15, -0.1) is 0 Å². The molecule has 0 heterocycles. The van der Waals surface area contributed by atoms with E-state index in [2.05, 4.69) is 15.5 Å². The average Bonchev–Trinajstić information content (AvgIpc) is 2.43. The summed E-state index contributed by atoms with van der Waals surface area (Å²) in [7, 11) is 4.04. The molecule has 0 aliphatic heterocycles. The summed E-state index contributed by atoms with van der Waals surface area (Å²) >= 11 is 0. The maximum atomic E-state index is 11.6. The molecule has 112 valence electrons. The molecule has 0 bridgehead atoms. The molecular weight excluding hydrogens is 254 g/mol. The molecule has 0 aliphatic carbocycles. The Labute approximate surface area is 121 Å². The van der Waals surface area contributed by atoms with Crippen LogP contribution in [0.25, 0.3) is 0 Å². The van der Waals surface area contributed by atoms with Gasteiger partial charge < -0.3 is 20.3 Å². The summed E-state index contributed by atoms with van der Waals surface area (Å²) in [5, 5.41) is 5.67. The zero-order chi connectivity index (χ0) is 14.8. The summed E-state index contributed by atoms with van der Waals surface area (Å²) in [6, 6.07) is 7.61. The molecule has 2 amide bonds. The molecule has 5 nitrogen and oxygen atoms in total. The largest absolute Gasteiger partial charge is 0.494 e. The Morgan fingerprint density at radius 2 is 1.90 bits per heavy atom. The third kappa shape index (κ3) is 6.99. The van der Waals surface area contributed by atoms with Gasteiger partial charge in [-0.2, -0.15) is 0 Å². The van der Waals surface area contributed by atoms with Crippen LogP contribution < -0.4 is 15.4 Å². The van der Waals surface area contributed by atoms with Gasteiger partial charge in [-0.1, -0.05) is 12.1 Å². The Bertz CT molecular complexity index is 391. The molecule has 20 heavy (non-hydrogen) atoms. The van der Waals surface area contributed by atoms with Crippen LogP contribution in [0.15, 0.2) is 24.3 Å². The highest BCUT2D eigenvalue weighted by atomic mass is 16.5. The van der Waals surface area contributed by atoms with Crippen LogP contribution >= 0.6 is 0 Å². The van der Waals surface area contributed by atoms with E-state index in [-0.39, 0.29) is 6.03 Å². The quantitative estimate of drug-likeness (QED) is 0.714. The van der Waals surface area contributed by atoms with Crippen molar-refractivity contribution in [3.63, 3.8) is 0 Å². The minimum absolute atomic E-state index is 0.127. The lowest BCUT2D eigenvalue weighted by atomic mass is 10.2. The van der Waals surface area contributed by atoms with Crippen molar-refractivity contribution in [2.45, 2.75) is 19.9 Å². The molecular formula is C15H25N3O2. The van der Waals surface area contributed by atoms with Crippen LogP contribution in [0, 0.1) is 0 Å². The molecule has 0 aliphatic rings. The number of hydrogen-bond donors (Lipinski definition) is 2. The van der Waals surface area contributed by atoms with Crippen molar-refractivity contribution in [3.8, 4) is 5.75 Å². The summed E-state index contributed by atoms with van der Waals surface area (Å²) in [6.07, 6.45) is 0.948. The van der Waals surface area contributed by atoms with Crippen LogP contribution in [0.1, 0.15) is 18.9 Å². The number of nitrogens with one attached hydrogen (secondary N) is 2. The number of carbonyl (C=O) groups is 1. The highest BCUT2D eigenvalue weighted by Gasteiger charge is 2.00. The number of benzene rings is 1. The van der Waals surface area contributed by atoms with E-state index in [1.165, 1.54) is 0 Å². The van der Waals surface area contributed by atoms with Gasteiger partial charge in [0.05, 0.1) is 6.61 Å². The van der Waals surface area contributed by atoms with Gasteiger partial charge >= 0.3 is 6.03 Å². The second-order valence-corrected chi connectivity index (χ2v) is 4.84. The summed E-state index contributed by atoms with van der Waals surface area (Å²) in [4.78, 5) is 13.7. The van der Waals surface area contributed by atoms with E-state index in [4.69, 9.17) is 4.74 Å².